The quantitative estimate of drug-likeness (QED) is 0.603. The first-order valence-electron chi connectivity index (χ1n) is 7.41. The van der Waals surface area contributed by atoms with E-state index in [0.717, 1.165) is 11.3 Å². The number of anilines is 1. The Morgan fingerprint density at radius 2 is 2.25 bits per heavy atom. The van der Waals surface area contributed by atoms with E-state index in [1.165, 1.54) is 4.88 Å². The molecule has 0 bridgehead atoms. The van der Waals surface area contributed by atoms with Gasteiger partial charge < -0.3 is 10.1 Å². The van der Waals surface area contributed by atoms with E-state index in [1.807, 2.05) is 17.5 Å². The van der Waals surface area contributed by atoms with Gasteiger partial charge in [0.2, 0.25) is 0 Å². The number of ether oxygens (including phenoxy) is 1. The van der Waals surface area contributed by atoms with Crippen molar-refractivity contribution in [2.45, 2.75) is 19.4 Å². The van der Waals surface area contributed by atoms with Crippen LogP contribution in [0.5, 0.6) is 5.75 Å². The van der Waals surface area contributed by atoms with Crippen LogP contribution in [0.25, 0.3) is 5.52 Å². The highest BCUT2D eigenvalue weighted by atomic mass is 35.5. The minimum Gasteiger partial charge on any atom is -0.494 e. The monoisotopic (exact) mass is 387 g/mol. The minimum absolute atomic E-state index is 0.313. The van der Waals surface area contributed by atoms with Crippen molar-refractivity contribution in [3.8, 4) is 5.75 Å². The highest BCUT2D eigenvalue weighted by Gasteiger charge is 2.22. The number of fused-ring (bicyclic) bond motifs is 1. The van der Waals surface area contributed by atoms with Crippen molar-refractivity contribution in [1.82, 2.24) is 9.61 Å². The number of nitrogens with one attached hydrogen (secondary N) is 1. The molecule has 0 aromatic carbocycles. The van der Waals surface area contributed by atoms with E-state index in [9.17, 15) is 4.39 Å². The van der Waals surface area contributed by atoms with Gasteiger partial charge in [0.25, 0.3) is 0 Å². The number of thiophene rings is 1. The van der Waals surface area contributed by atoms with Crippen molar-refractivity contribution in [2.75, 3.05) is 19.1 Å². The molecule has 0 aliphatic carbocycles. The van der Waals surface area contributed by atoms with Gasteiger partial charge in [0.15, 0.2) is 10.9 Å². The Hall–Kier alpha value is -1.50. The summed E-state index contributed by atoms with van der Waals surface area (Å²) in [5.74, 6) is 0.603. The minimum atomic E-state index is -0.413. The summed E-state index contributed by atoms with van der Waals surface area (Å²) in [6.07, 6.45) is 0.850. The molecule has 24 heavy (non-hydrogen) atoms. The van der Waals surface area contributed by atoms with Crippen LogP contribution in [0.2, 0.25) is 10.3 Å². The molecule has 128 valence electrons. The van der Waals surface area contributed by atoms with Crippen molar-refractivity contribution in [1.29, 1.82) is 0 Å². The van der Waals surface area contributed by atoms with Gasteiger partial charge >= 0.3 is 0 Å². The van der Waals surface area contributed by atoms with E-state index in [1.54, 1.807) is 29.0 Å². The zero-order chi connectivity index (χ0) is 17.1. The van der Waals surface area contributed by atoms with Crippen LogP contribution in [0.15, 0.2) is 23.6 Å². The Balaban J connectivity index is 2.07. The van der Waals surface area contributed by atoms with Crippen molar-refractivity contribution in [3.05, 3.63) is 44.3 Å². The van der Waals surface area contributed by atoms with E-state index in [0.29, 0.717) is 41.0 Å². The molecule has 0 saturated carbocycles. The number of hydrogen-bond donors (Lipinski definition) is 1. The summed E-state index contributed by atoms with van der Waals surface area (Å²) in [6.45, 7) is 0.239. The Labute approximate surface area is 153 Å². The van der Waals surface area contributed by atoms with Gasteiger partial charge in [-0.05, 0) is 24.3 Å². The lowest BCUT2D eigenvalue weighted by Gasteiger charge is -2.10. The molecular formula is C16H16Cl2FN3OS. The third-order valence-corrected chi connectivity index (χ3v) is 5.10. The molecule has 0 aliphatic heterocycles. The first kappa shape index (κ1) is 17.3. The van der Waals surface area contributed by atoms with E-state index >= 15 is 0 Å². The van der Waals surface area contributed by atoms with Crippen LogP contribution in [0.3, 0.4) is 0 Å². The van der Waals surface area contributed by atoms with Gasteiger partial charge in [0.05, 0.1) is 19.5 Å². The molecule has 1 N–H and O–H groups in total. The molecule has 0 spiro atoms. The second kappa shape index (κ2) is 7.59. The number of alkyl halides is 1. The van der Waals surface area contributed by atoms with Crippen molar-refractivity contribution < 1.29 is 9.13 Å². The lowest BCUT2D eigenvalue weighted by Crippen LogP contribution is -2.02. The summed E-state index contributed by atoms with van der Waals surface area (Å²) >= 11 is 14.2. The summed E-state index contributed by atoms with van der Waals surface area (Å²) in [5, 5.41) is 10.3. The second-order valence-corrected chi connectivity index (χ2v) is 6.95. The molecule has 0 aliphatic rings. The normalized spacial score (nSPS) is 11.2. The smallest absolute Gasteiger partial charge is 0.152 e. The van der Waals surface area contributed by atoms with Crippen molar-refractivity contribution in [2.24, 2.45) is 0 Å². The molecule has 0 fully saturated rings. The molecule has 3 aromatic rings. The van der Waals surface area contributed by atoms with Gasteiger partial charge in [-0.3, -0.25) is 4.39 Å². The third-order valence-electron chi connectivity index (χ3n) is 3.65. The lowest BCUT2D eigenvalue weighted by atomic mass is 10.1. The van der Waals surface area contributed by atoms with Gasteiger partial charge in [-0.1, -0.05) is 29.3 Å². The third kappa shape index (κ3) is 3.31. The molecular weight excluding hydrogens is 372 g/mol. The summed E-state index contributed by atoms with van der Waals surface area (Å²) in [6, 6.07) is 5.79. The molecule has 3 rings (SSSR count). The fraction of sp³-hybridized carbons (Fsp3) is 0.312. The SMILES string of the molecule is COc1c(CCCF)c(Cl)n2nc(Cl)cc(NCc3cccs3)c12. The van der Waals surface area contributed by atoms with Gasteiger partial charge in [0.1, 0.15) is 10.7 Å². The maximum atomic E-state index is 12.6. The molecule has 4 nitrogen and oxygen atoms in total. The fourth-order valence-electron chi connectivity index (χ4n) is 2.61. The van der Waals surface area contributed by atoms with E-state index in [4.69, 9.17) is 27.9 Å². The first-order valence-corrected chi connectivity index (χ1v) is 9.05. The number of hydrogen-bond acceptors (Lipinski definition) is 4. The zero-order valence-corrected chi connectivity index (χ0v) is 15.3. The molecule has 3 aromatic heterocycles. The average Bonchev–Trinajstić information content (AvgIpc) is 3.18. The van der Waals surface area contributed by atoms with Gasteiger partial charge in [0, 0.05) is 23.1 Å². The highest BCUT2D eigenvalue weighted by Crippen LogP contribution is 2.39. The summed E-state index contributed by atoms with van der Waals surface area (Å²) in [5.41, 5.74) is 2.22. The molecule has 0 atom stereocenters. The van der Waals surface area contributed by atoms with Crippen LogP contribution in [0.1, 0.15) is 16.9 Å². The predicted molar refractivity (Wildman–Crippen MR) is 97.7 cm³/mol. The molecule has 0 saturated heterocycles. The number of rotatable bonds is 7. The van der Waals surface area contributed by atoms with Crippen molar-refractivity contribution in [3.63, 3.8) is 0 Å². The number of halogens is 3. The number of nitrogens with zero attached hydrogens (tertiary/aromatic N) is 2. The average molecular weight is 388 g/mol. The Morgan fingerprint density at radius 1 is 1.42 bits per heavy atom. The van der Waals surface area contributed by atoms with Crippen LogP contribution in [0, 0.1) is 0 Å². The van der Waals surface area contributed by atoms with Gasteiger partial charge in [-0.25, -0.2) is 4.52 Å². The maximum Gasteiger partial charge on any atom is 0.152 e. The van der Waals surface area contributed by atoms with Gasteiger partial charge in [-0.15, -0.1) is 11.3 Å². The number of methoxy groups -OCH3 is 1. The lowest BCUT2D eigenvalue weighted by molar-refractivity contribution is 0.412. The largest absolute Gasteiger partial charge is 0.494 e. The molecule has 0 unspecified atom stereocenters. The molecule has 3 heterocycles. The van der Waals surface area contributed by atoms with Crippen LogP contribution in [0.4, 0.5) is 10.1 Å². The Bertz CT molecular complexity index is 836. The van der Waals surface area contributed by atoms with Crippen LogP contribution in [-0.4, -0.2) is 23.4 Å². The van der Waals surface area contributed by atoms with E-state index in [2.05, 4.69) is 10.4 Å². The summed E-state index contributed by atoms with van der Waals surface area (Å²) in [7, 11) is 1.57. The van der Waals surface area contributed by atoms with Gasteiger partial charge in [-0.2, -0.15) is 5.10 Å². The fourth-order valence-corrected chi connectivity index (χ4v) is 3.74. The van der Waals surface area contributed by atoms with Crippen LogP contribution < -0.4 is 10.1 Å². The second-order valence-electron chi connectivity index (χ2n) is 5.17. The summed E-state index contributed by atoms with van der Waals surface area (Å²) in [4.78, 5) is 1.19. The zero-order valence-electron chi connectivity index (χ0n) is 13.0. The standard InChI is InChI=1S/C16H16Cl2FN3OS/c1-23-15-11(5-2-6-19)16(18)22-14(15)12(8-13(17)21-22)20-9-10-4-3-7-24-10/h3-4,7-8,20H,2,5-6,9H2,1H3. The van der Waals surface area contributed by atoms with Crippen LogP contribution >= 0.6 is 34.5 Å². The maximum absolute atomic E-state index is 12.6. The molecule has 8 heteroatoms. The van der Waals surface area contributed by atoms with Crippen LogP contribution in [-0.2, 0) is 13.0 Å². The number of aromatic nitrogens is 2. The Morgan fingerprint density at radius 3 is 2.92 bits per heavy atom. The summed E-state index contributed by atoms with van der Waals surface area (Å²) < 4.78 is 19.7. The predicted octanol–water partition coefficient (Wildman–Crippen LogP) is 5.23. The van der Waals surface area contributed by atoms with Crippen molar-refractivity contribution >= 4 is 45.7 Å². The Kier molecular flexibility index (Phi) is 5.48. The van der Waals surface area contributed by atoms with E-state index < -0.39 is 6.67 Å². The topological polar surface area (TPSA) is 38.6 Å². The molecule has 0 radical (unpaired) electrons. The molecule has 0 amide bonds. The van der Waals surface area contributed by atoms with E-state index in [-0.39, 0.29) is 0 Å². The highest BCUT2D eigenvalue weighted by molar-refractivity contribution is 7.09. The first-order chi connectivity index (χ1) is 11.7.